The summed E-state index contributed by atoms with van der Waals surface area (Å²) in [5, 5.41) is 6.00. The van der Waals surface area contributed by atoms with E-state index in [-0.39, 0.29) is 11.5 Å². The number of hydrogen-bond donors (Lipinski definition) is 3. The van der Waals surface area contributed by atoms with Gasteiger partial charge in [0.15, 0.2) is 6.61 Å². The van der Waals surface area contributed by atoms with Crippen LogP contribution in [0.1, 0.15) is 0 Å². The fourth-order valence-corrected chi connectivity index (χ4v) is 2.34. The van der Waals surface area contributed by atoms with Crippen LogP contribution in [0.15, 0.2) is 41.6 Å². The Kier molecular flexibility index (Phi) is 3.89. The average Bonchev–Trinajstić information content (AvgIpc) is 2.92. The predicted molar refractivity (Wildman–Crippen MR) is 70.5 cm³/mol. The largest absolute Gasteiger partial charge is 0.484 e. The van der Waals surface area contributed by atoms with Gasteiger partial charge >= 0.3 is 0 Å². The fourth-order valence-electron chi connectivity index (χ4n) is 1.37. The minimum atomic E-state index is -3.67. The molecule has 0 spiro atoms. The fraction of sp³-hybridized carbons (Fsp3) is 0.0909. The van der Waals surface area contributed by atoms with Crippen molar-refractivity contribution in [2.24, 2.45) is 5.73 Å². The van der Waals surface area contributed by atoms with Crippen molar-refractivity contribution in [3.63, 3.8) is 0 Å². The first-order valence-corrected chi connectivity index (χ1v) is 6.98. The number of ether oxygens (including phenoxy) is 1. The summed E-state index contributed by atoms with van der Waals surface area (Å²) >= 11 is 0. The van der Waals surface area contributed by atoms with Crippen LogP contribution < -0.4 is 15.2 Å². The second-order valence-electron chi connectivity index (χ2n) is 3.82. The van der Waals surface area contributed by atoms with E-state index in [2.05, 4.69) is 14.9 Å². The standard InChI is InChI=1S/C11H12N4O4S/c12-11(16)7-19-9-3-1-8(2-4-9)15-20(17,18)10-5-13-14-6-10/h1-6,15H,7H2,(H2,12,16)(H,13,14). The molecular weight excluding hydrogens is 284 g/mol. The second-order valence-corrected chi connectivity index (χ2v) is 5.50. The van der Waals surface area contributed by atoms with Crippen LogP contribution in [0.5, 0.6) is 5.75 Å². The third-order valence-electron chi connectivity index (χ3n) is 2.27. The third-order valence-corrected chi connectivity index (χ3v) is 3.62. The first kappa shape index (κ1) is 13.9. The molecule has 0 bridgehead atoms. The molecule has 0 radical (unpaired) electrons. The Labute approximate surface area is 115 Å². The molecule has 1 aromatic carbocycles. The van der Waals surface area contributed by atoms with Crippen LogP contribution in [0.2, 0.25) is 0 Å². The van der Waals surface area contributed by atoms with E-state index >= 15 is 0 Å². The number of nitrogens with zero attached hydrogens (tertiary/aromatic N) is 1. The number of nitrogens with two attached hydrogens (primary N) is 1. The van der Waals surface area contributed by atoms with Crippen LogP contribution >= 0.6 is 0 Å². The lowest BCUT2D eigenvalue weighted by molar-refractivity contribution is -0.119. The van der Waals surface area contributed by atoms with Gasteiger partial charge in [0.1, 0.15) is 10.6 Å². The molecule has 0 saturated heterocycles. The second kappa shape index (κ2) is 5.61. The maximum Gasteiger partial charge on any atom is 0.265 e. The smallest absolute Gasteiger partial charge is 0.265 e. The first-order chi connectivity index (χ1) is 9.47. The Morgan fingerprint density at radius 3 is 2.60 bits per heavy atom. The van der Waals surface area contributed by atoms with E-state index in [0.717, 1.165) is 0 Å². The minimum absolute atomic E-state index is 0.0338. The van der Waals surface area contributed by atoms with Gasteiger partial charge < -0.3 is 10.5 Å². The zero-order valence-electron chi connectivity index (χ0n) is 10.2. The topological polar surface area (TPSA) is 127 Å². The monoisotopic (exact) mass is 296 g/mol. The number of sulfonamides is 1. The van der Waals surface area contributed by atoms with Gasteiger partial charge in [0.25, 0.3) is 15.9 Å². The maximum atomic E-state index is 11.9. The summed E-state index contributed by atoms with van der Waals surface area (Å²) in [4.78, 5) is 10.6. The Morgan fingerprint density at radius 2 is 2.05 bits per heavy atom. The Morgan fingerprint density at radius 1 is 1.35 bits per heavy atom. The Bertz CT molecular complexity index is 680. The van der Waals surface area contributed by atoms with Crippen LogP contribution in [0, 0.1) is 0 Å². The molecule has 0 aliphatic heterocycles. The summed E-state index contributed by atoms with van der Waals surface area (Å²) in [6.45, 7) is -0.236. The van der Waals surface area contributed by atoms with Gasteiger partial charge in [-0.15, -0.1) is 0 Å². The van der Waals surface area contributed by atoms with Crippen molar-refractivity contribution >= 4 is 21.6 Å². The van der Waals surface area contributed by atoms with Gasteiger partial charge in [-0.05, 0) is 24.3 Å². The number of carbonyl (C=O) groups excluding carboxylic acids is 1. The van der Waals surface area contributed by atoms with Crippen LogP contribution in [-0.4, -0.2) is 31.1 Å². The molecule has 2 aromatic rings. The number of hydrogen-bond acceptors (Lipinski definition) is 5. The van der Waals surface area contributed by atoms with Crippen molar-refractivity contribution in [2.45, 2.75) is 4.90 Å². The van der Waals surface area contributed by atoms with Crippen molar-refractivity contribution in [3.05, 3.63) is 36.7 Å². The number of benzene rings is 1. The number of anilines is 1. The number of amides is 1. The Hall–Kier alpha value is -2.55. The number of H-pyrrole nitrogens is 1. The average molecular weight is 296 g/mol. The molecule has 0 fully saturated rings. The zero-order valence-corrected chi connectivity index (χ0v) is 11.1. The molecular formula is C11H12N4O4S. The maximum absolute atomic E-state index is 11.9. The number of carbonyl (C=O) groups is 1. The van der Waals surface area contributed by atoms with Gasteiger partial charge in [-0.25, -0.2) is 8.42 Å². The van der Waals surface area contributed by atoms with E-state index in [0.29, 0.717) is 11.4 Å². The highest BCUT2D eigenvalue weighted by atomic mass is 32.2. The Balaban J connectivity index is 2.06. The molecule has 1 aromatic heterocycles. The van der Waals surface area contributed by atoms with Gasteiger partial charge in [-0.2, -0.15) is 5.10 Å². The normalized spacial score (nSPS) is 11.0. The summed E-state index contributed by atoms with van der Waals surface area (Å²) in [6, 6.07) is 6.06. The lowest BCUT2D eigenvalue weighted by Gasteiger charge is -2.07. The number of primary amides is 1. The molecule has 1 heterocycles. The lowest BCUT2D eigenvalue weighted by Crippen LogP contribution is -2.20. The molecule has 0 saturated carbocycles. The van der Waals surface area contributed by atoms with Crippen molar-refractivity contribution in [2.75, 3.05) is 11.3 Å². The van der Waals surface area contributed by atoms with Crippen molar-refractivity contribution < 1.29 is 17.9 Å². The molecule has 9 heteroatoms. The number of nitrogens with one attached hydrogen (secondary N) is 2. The van der Waals surface area contributed by atoms with E-state index in [4.69, 9.17) is 10.5 Å². The molecule has 0 unspecified atom stereocenters. The summed E-state index contributed by atoms with van der Waals surface area (Å²) < 4.78 is 31.2. The molecule has 106 valence electrons. The SMILES string of the molecule is NC(=O)COc1ccc(NS(=O)(=O)c2cn[nH]c2)cc1. The number of aromatic nitrogens is 2. The summed E-state index contributed by atoms with van der Waals surface area (Å²) in [5.41, 5.74) is 5.30. The lowest BCUT2D eigenvalue weighted by atomic mass is 10.3. The molecule has 4 N–H and O–H groups in total. The van der Waals surface area contributed by atoms with Crippen molar-refractivity contribution in [3.8, 4) is 5.75 Å². The molecule has 8 nitrogen and oxygen atoms in total. The third kappa shape index (κ3) is 3.48. The van der Waals surface area contributed by atoms with Gasteiger partial charge in [0.05, 0.1) is 6.20 Å². The van der Waals surface area contributed by atoms with Crippen molar-refractivity contribution in [1.29, 1.82) is 0 Å². The van der Waals surface area contributed by atoms with Gasteiger partial charge in [0, 0.05) is 11.9 Å². The predicted octanol–water partition coefficient (Wildman–Crippen LogP) is 0.0746. The highest BCUT2D eigenvalue weighted by Crippen LogP contribution is 2.18. The number of aromatic amines is 1. The molecule has 0 atom stereocenters. The minimum Gasteiger partial charge on any atom is -0.484 e. The van der Waals surface area contributed by atoms with Gasteiger partial charge in [0.2, 0.25) is 0 Å². The highest BCUT2D eigenvalue weighted by Gasteiger charge is 2.15. The van der Waals surface area contributed by atoms with Crippen LogP contribution in [0.4, 0.5) is 5.69 Å². The molecule has 0 aliphatic carbocycles. The van der Waals surface area contributed by atoms with Gasteiger partial charge in [-0.1, -0.05) is 0 Å². The van der Waals surface area contributed by atoms with E-state index < -0.39 is 15.9 Å². The van der Waals surface area contributed by atoms with Gasteiger partial charge in [-0.3, -0.25) is 14.6 Å². The van der Waals surface area contributed by atoms with Crippen LogP contribution in [-0.2, 0) is 14.8 Å². The van der Waals surface area contributed by atoms with Crippen LogP contribution in [0.3, 0.4) is 0 Å². The van der Waals surface area contributed by atoms with E-state index in [1.165, 1.54) is 36.7 Å². The van der Waals surface area contributed by atoms with E-state index in [9.17, 15) is 13.2 Å². The van der Waals surface area contributed by atoms with E-state index in [1.807, 2.05) is 0 Å². The molecule has 2 rings (SSSR count). The van der Waals surface area contributed by atoms with Crippen molar-refractivity contribution in [1.82, 2.24) is 10.2 Å². The highest BCUT2D eigenvalue weighted by molar-refractivity contribution is 7.92. The molecule has 1 amide bonds. The summed E-state index contributed by atoms with van der Waals surface area (Å²) in [6.07, 6.45) is 2.47. The van der Waals surface area contributed by atoms with E-state index in [1.54, 1.807) is 0 Å². The molecule has 0 aliphatic rings. The molecule has 20 heavy (non-hydrogen) atoms. The first-order valence-electron chi connectivity index (χ1n) is 5.50. The quantitative estimate of drug-likeness (QED) is 0.695. The summed E-state index contributed by atoms with van der Waals surface area (Å²) in [7, 11) is -3.67. The summed E-state index contributed by atoms with van der Waals surface area (Å²) in [5.74, 6) is -0.176. The zero-order chi connectivity index (χ0) is 14.6. The van der Waals surface area contributed by atoms with Crippen LogP contribution in [0.25, 0.3) is 0 Å². The number of rotatable bonds is 6.